The van der Waals surface area contributed by atoms with Gasteiger partial charge in [-0.1, -0.05) is 0 Å². The predicted octanol–water partition coefficient (Wildman–Crippen LogP) is 3.62. The molecular weight excluding hydrogens is 380 g/mol. The van der Waals surface area contributed by atoms with Crippen LogP contribution in [0.2, 0.25) is 0 Å². The number of benzene rings is 1. The second kappa shape index (κ2) is 9.65. The molecule has 8 heteroatoms. The fourth-order valence-electron chi connectivity index (χ4n) is 3.95. The molecule has 3 heterocycles. The van der Waals surface area contributed by atoms with Crippen molar-refractivity contribution in [3.8, 4) is 11.5 Å². The predicted molar refractivity (Wildman–Crippen MR) is 120 cm³/mol. The maximum Gasteiger partial charge on any atom is 0.229 e. The number of piperidine rings is 2. The molecule has 0 unspecified atom stereocenters. The third-order valence-corrected chi connectivity index (χ3v) is 5.62. The molecule has 4 rings (SSSR count). The van der Waals surface area contributed by atoms with Crippen LogP contribution in [0.1, 0.15) is 44.1 Å². The lowest BCUT2D eigenvalue weighted by Crippen LogP contribution is -2.33. The minimum absolute atomic E-state index is 0.107. The van der Waals surface area contributed by atoms with Crippen molar-refractivity contribution in [2.75, 3.05) is 48.5 Å². The van der Waals surface area contributed by atoms with Crippen LogP contribution in [0.25, 0.3) is 0 Å². The number of hydrazone groups is 1. The number of hydrogen-bond donors (Lipinski definition) is 2. The number of aromatic hydroxyl groups is 1. The number of aromatic nitrogens is 2. The summed E-state index contributed by atoms with van der Waals surface area (Å²) >= 11 is 0. The van der Waals surface area contributed by atoms with Crippen molar-refractivity contribution < 1.29 is 9.84 Å². The van der Waals surface area contributed by atoms with Crippen LogP contribution >= 0.6 is 0 Å². The minimum atomic E-state index is 0.107. The van der Waals surface area contributed by atoms with Crippen molar-refractivity contribution in [2.24, 2.45) is 5.10 Å². The fraction of sp³-hybridized carbons (Fsp3) is 0.500. The van der Waals surface area contributed by atoms with Crippen molar-refractivity contribution in [3.05, 3.63) is 29.8 Å². The van der Waals surface area contributed by atoms with E-state index in [-0.39, 0.29) is 5.75 Å². The second-order valence-corrected chi connectivity index (χ2v) is 7.81. The summed E-state index contributed by atoms with van der Waals surface area (Å²) in [6, 6.07) is 7.08. The van der Waals surface area contributed by atoms with Crippen molar-refractivity contribution in [3.63, 3.8) is 0 Å². The van der Waals surface area contributed by atoms with E-state index in [1.54, 1.807) is 24.4 Å². The fourth-order valence-corrected chi connectivity index (χ4v) is 3.95. The first-order chi connectivity index (χ1) is 14.7. The zero-order valence-corrected chi connectivity index (χ0v) is 17.5. The van der Waals surface area contributed by atoms with Crippen molar-refractivity contribution >= 4 is 23.8 Å². The first kappa shape index (κ1) is 20.3. The number of ether oxygens (including phenoxy) is 1. The van der Waals surface area contributed by atoms with Gasteiger partial charge in [0.25, 0.3) is 0 Å². The lowest BCUT2D eigenvalue weighted by molar-refractivity contribution is 0.373. The summed E-state index contributed by atoms with van der Waals surface area (Å²) in [5, 5.41) is 14.1. The van der Waals surface area contributed by atoms with Gasteiger partial charge in [0, 0.05) is 32.2 Å². The molecule has 0 saturated carbocycles. The Morgan fingerprint density at radius 1 is 0.967 bits per heavy atom. The van der Waals surface area contributed by atoms with Crippen LogP contribution in [0.5, 0.6) is 11.5 Å². The molecule has 0 radical (unpaired) electrons. The molecule has 1 aromatic heterocycles. The summed E-state index contributed by atoms with van der Waals surface area (Å²) in [7, 11) is 1.53. The van der Waals surface area contributed by atoms with Crippen LogP contribution in [0, 0.1) is 0 Å². The highest BCUT2D eigenvalue weighted by Gasteiger charge is 2.19. The van der Waals surface area contributed by atoms with E-state index in [0.29, 0.717) is 11.6 Å². The summed E-state index contributed by atoms with van der Waals surface area (Å²) in [5.74, 6) is 2.96. The molecule has 30 heavy (non-hydrogen) atoms. The smallest absolute Gasteiger partial charge is 0.229 e. The molecule has 160 valence electrons. The molecule has 2 aromatic rings. The highest BCUT2D eigenvalue weighted by molar-refractivity contribution is 5.81. The minimum Gasteiger partial charge on any atom is -0.504 e. The molecule has 2 fully saturated rings. The first-order valence-electron chi connectivity index (χ1n) is 10.8. The van der Waals surface area contributed by atoms with Crippen LogP contribution < -0.4 is 20.0 Å². The highest BCUT2D eigenvalue weighted by atomic mass is 16.5. The van der Waals surface area contributed by atoms with E-state index >= 15 is 0 Å². The van der Waals surface area contributed by atoms with Crippen LogP contribution in [0.3, 0.4) is 0 Å². The Kier molecular flexibility index (Phi) is 6.51. The van der Waals surface area contributed by atoms with Gasteiger partial charge in [0.1, 0.15) is 5.82 Å². The Labute approximate surface area is 177 Å². The Hall–Kier alpha value is -3.03. The van der Waals surface area contributed by atoms with E-state index in [4.69, 9.17) is 14.7 Å². The van der Waals surface area contributed by atoms with Crippen LogP contribution in [-0.4, -0.2) is 54.6 Å². The number of nitrogens with zero attached hydrogens (tertiary/aromatic N) is 5. The van der Waals surface area contributed by atoms with Gasteiger partial charge in [-0.15, -0.1) is 0 Å². The molecule has 2 aliphatic rings. The van der Waals surface area contributed by atoms with Gasteiger partial charge in [-0.25, -0.2) is 0 Å². The Morgan fingerprint density at radius 3 is 2.37 bits per heavy atom. The van der Waals surface area contributed by atoms with Crippen molar-refractivity contribution in [1.29, 1.82) is 0 Å². The van der Waals surface area contributed by atoms with E-state index in [0.717, 1.165) is 43.5 Å². The van der Waals surface area contributed by atoms with Gasteiger partial charge >= 0.3 is 0 Å². The van der Waals surface area contributed by atoms with Crippen molar-refractivity contribution in [1.82, 2.24) is 9.97 Å². The van der Waals surface area contributed by atoms with Crippen LogP contribution in [-0.2, 0) is 0 Å². The average Bonchev–Trinajstić information content (AvgIpc) is 2.81. The number of anilines is 3. The lowest BCUT2D eigenvalue weighted by Gasteiger charge is -2.31. The molecule has 2 saturated heterocycles. The zero-order valence-electron chi connectivity index (χ0n) is 17.5. The summed E-state index contributed by atoms with van der Waals surface area (Å²) in [6.45, 7) is 4.07. The monoisotopic (exact) mass is 410 g/mol. The van der Waals surface area contributed by atoms with Gasteiger partial charge in [-0.05, 0) is 62.3 Å². The van der Waals surface area contributed by atoms with Crippen LogP contribution in [0.15, 0.2) is 29.4 Å². The second-order valence-electron chi connectivity index (χ2n) is 7.81. The molecule has 1 aromatic carbocycles. The Morgan fingerprint density at radius 2 is 1.67 bits per heavy atom. The molecule has 2 N–H and O–H groups in total. The summed E-state index contributed by atoms with van der Waals surface area (Å²) < 4.78 is 5.15. The van der Waals surface area contributed by atoms with Gasteiger partial charge in [-0.2, -0.15) is 15.1 Å². The Bertz CT molecular complexity index is 840. The normalized spacial score (nSPS) is 17.4. The first-order valence-corrected chi connectivity index (χ1v) is 10.8. The largest absolute Gasteiger partial charge is 0.504 e. The van der Waals surface area contributed by atoms with E-state index in [9.17, 15) is 5.11 Å². The third-order valence-electron chi connectivity index (χ3n) is 5.62. The topological polar surface area (TPSA) is 86.1 Å². The van der Waals surface area contributed by atoms with Crippen molar-refractivity contribution in [2.45, 2.75) is 38.5 Å². The zero-order chi connectivity index (χ0) is 20.8. The van der Waals surface area contributed by atoms with Gasteiger partial charge in [0.2, 0.25) is 5.95 Å². The van der Waals surface area contributed by atoms with E-state index in [2.05, 4.69) is 20.3 Å². The lowest BCUT2D eigenvalue weighted by atomic mass is 10.1. The molecule has 2 aliphatic heterocycles. The third kappa shape index (κ3) is 4.93. The SMILES string of the molecule is COc1cc(C=NNc2cc(N3CCCCC3)nc(N3CCCCC3)n2)ccc1O. The number of rotatable bonds is 6. The molecule has 0 amide bonds. The molecule has 0 bridgehead atoms. The van der Waals surface area contributed by atoms with Gasteiger partial charge < -0.3 is 19.6 Å². The number of methoxy groups -OCH3 is 1. The van der Waals surface area contributed by atoms with Gasteiger partial charge in [0.15, 0.2) is 17.3 Å². The standard InChI is InChI=1S/C22H30N6O2/c1-30-19-14-17(8-9-18(19)29)16-23-26-20-15-21(27-10-4-2-5-11-27)25-22(24-20)28-12-6-3-7-13-28/h8-9,14-16,29H,2-7,10-13H2,1H3,(H,24,25,26). The quantitative estimate of drug-likeness (QED) is 0.556. The number of nitrogens with one attached hydrogen (secondary N) is 1. The highest BCUT2D eigenvalue weighted by Crippen LogP contribution is 2.26. The molecule has 8 nitrogen and oxygen atoms in total. The molecular formula is C22H30N6O2. The number of phenolic OH excluding ortho intramolecular Hbond substituents is 1. The summed E-state index contributed by atoms with van der Waals surface area (Å²) in [6.07, 6.45) is 9.01. The number of hydrogen-bond acceptors (Lipinski definition) is 8. The maximum absolute atomic E-state index is 9.74. The van der Waals surface area contributed by atoms with Gasteiger partial charge in [0.05, 0.1) is 13.3 Å². The molecule has 0 aliphatic carbocycles. The maximum atomic E-state index is 9.74. The Balaban J connectivity index is 1.54. The van der Waals surface area contributed by atoms with Crippen LogP contribution in [0.4, 0.5) is 17.6 Å². The molecule has 0 atom stereocenters. The van der Waals surface area contributed by atoms with E-state index < -0.39 is 0 Å². The van der Waals surface area contributed by atoms with Gasteiger partial charge in [-0.3, -0.25) is 5.43 Å². The summed E-state index contributed by atoms with van der Waals surface area (Å²) in [4.78, 5) is 14.2. The summed E-state index contributed by atoms with van der Waals surface area (Å²) in [5.41, 5.74) is 3.88. The van der Waals surface area contributed by atoms with E-state index in [1.807, 2.05) is 6.07 Å². The van der Waals surface area contributed by atoms with E-state index in [1.165, 1.54) is 45.6 Å². The number of phenols is 1. The average molecular weight is 411 g/mol. The molecule has 0 spiro atoms.